The van der Waals surface area contributed by atoms with Gasteiger partial charge in [0.2, 0.25) is 11.8 Å². The highest BCUT2D eigenvalue weighted by Gasteiger charge is 2.29. The minimum atomic E-state index is 0.0709. The van der Waals surface area contributed by atoms with Crippen LogP contribution >= 0.6 is 0 Å². The van der Waals surface area contributed by atoms with Crippen LogP contribution in [0.5, 0.6) is 0 Å². The maximum Gasteiger partial charge on any atom is 0.225 e. The summed E-state index contributed by atoms with van der Waals surface area (Å²) in [5.74, 6) is 2.01. The number of likely N-dealkylation sites (tertiary alicyclic amines) is 1. The molecule has 2 amide bonds. The predicted molar refractivity (Wildman–Crippen MR) is 101 cm³/mol. The smallest absolute Gasteiger partial charge is 0.225 e. The molecule has 2 aliphatic rings. The first-order valence-corrected chi connectivity index (χ1v) is 10.2. The number of hydrogen-bond acceptors (Lipinski definition) is 3. The Balaban J connectivity index is 1.36. The molecule has 1 aromatic heterocycles. The lowest BCUT2D eigenvalue weighted by molar-refractivity contribution is -0.138. The summed E-state index contributed by atoms with van der Waals surface area (Å²) in [4.78, 5) is 27.0. The predicted octanol–water partition coefficient (Wildman–Crippen LogP) is 3.54. The summed E-state index contributed by atoms with van der Waals surface area (Å²) in [5, 5.41) is 3.07. The molecule has 1 aliphatic carbocycles. The molecule has 0 spiro atoms. The van der Waals surface area contributed by atoms with E-state index >= 15 is 0 Å². The molecule has 2 heterocycles. The SMILES string of the molecule is CC(Cc1ccco1)NC(=O)CC1CCN(C(=O)C2CCCCC2)CC1. The average molecular weight is 360 g/mol. The Morgan fingerprint density at radius 2 is 1.92 bits per heavy atom. The van der Waals surface area contributed by atoms with Crippen LogP contribution in [-0.2, 0) is 16.0 Å². The summed E-state index contributed by atoms with van der Waals surface area (Å²) in [6.07, 6.45) is 10.6. The zero-order valence-electron chi connectivity index (χ0n) is 15.9. The average Bonchev–Trinajstić information content (AvgIpc) is 3.15. The van der Waals surface area contributed by atoms with Gasteiger partial charge < -0.3 is 14.6 Å². The first kappa shape index (κ1) is 19.0. The molecule has 1 atom stereocenters. The normalized spacial score (nSPS) is 20.7. The topological polar surface area (TPSA) is 62.6 Å². The van der Waals surface area contributed by atoms with E-state index in [0.717, 1.165) is 44.5 Å². The van der Waals surface area contributed by atoms with Crippen LogP contribution in [0.1, 0.15) is 64.1 Å². The fourth-order valence-electron chi connectivity index (χ4n) is 4.34. The van der Waals surface area contributed by atoms with E-state index in [-0.39, 0.29) is 17.9 Å². The molecule has 5 nitrogen and oxygen atoms in total. The van der Waals surface area contributed by atoms with Crippen LogP contribution < -0.4 is 5.32 Å². The van der Waals surface area contributed by atoms with Gasteiger partial charge in [-0.1, -0.05) is 19.3 Å². The van der Waals surface area contributed by atoms with Crippen LogP contribution in [0.15, 0.2) is 22.8 Å². The summed E-state index contributed by atoms with van der Waals surface area (Å²) < 4.78 is 5.33. The first-order chi connectivity index (χ1) is 12.6. The molecule has 1 unspecified atom stereocenters. The molecule has 144 valence electrons. The summed E-state index contributed by atoms with van der Waals surface area (Å²) in [7, 11) is 0. The van der Waals surface area contributed by atoms with Crippen molar-refractivity contribution in [1.29, 1.82) is 0 Å². The van der Waals surface area contributed by atoms with Gasteiger partial charge in [0.15, 0.2) is 0 Å². The van der Waals surface area contributed by atoms with E-state index in [4.69, 9.17) is 4.42 Å². The van der Waals surface area contributed by atoms with Gasteiger partial charge in [0.05, 0.1) is 6.26 Å². The van der Waals surface area contributed by atoms with Gasteiger partial charge in [-0.05, 0) is 50.7 Å². The zero-order valence-corrected chi connectivity index (χ0v) is 15.9. The Morgan fingerprint density at radius 1 is 1.19 bits per heavy atom. The van der Waals surface area contributed by atoms with E-state index < -0.39 is 0 Å². The number of rotatable bonds is 6. The molecular formula is C21H32N2O3. The van der Waals surface area contributed by atoms with E-state index in [1.165, 1.54) is 19.3 Å². The van der Waals surface area contributed by atoms with Gasteiger partial charge in [0.1, 0.15) is 5.76 Å². The van der Waals surface area contributed by atoms with Crippen LogP contribution in [0, 0.1) is 11.8 Å². The lowest BCUT2D eigenvalue weighted by Crippen LogP contribution is -2.43. The quantitative estimate of drug-likeness (QED) is 0.844. The molecule has 1 aliphatic heterocycles. The Morgan fingerprint density at radius 3 is 2.58 bits per heavy atom. The summed E-state index contributed by atoms with van der Waals surface area (Å²) in [6, 6.07) is 3.87. The maximum absolute atomic E-state index is 12.6. The number of carbonyl (C=O) groups excluding carboxylic acids is 2. The molecular weight excluding hydrogens is 328 g/mol. The monoisotopic (exact) mass is 360 g/mol. The Labute approximate surface area is 156 Å². The van der Waals surface area contributed by atoms with Crippen molar-refractivity contribution in [3.05, 3.63) is 24.2 Å². The number of carbonyl (C=O) groups is 2. The van der Waals surface area contributed by atoms with Crippen molar-refractivity contribution in [1.82, 2.24) is 10.2 Å². The van der Waals surface area contributed by atoms with Crippen molar-refractivity contribution in [3.63, 3.8) is 0 Å². The van der Waals surface area contributed by atoms with Gasteiger partial charge in [-0.25, -0.2) is 0 Å². The molecule has 3 rings (SSSR count). The minimum absolute atomic E-state index is 0.0709. The van der Waals surface area contributed by atoms with E-state index in [1.54, 1.807) is 6.26 Å². The molecule has 1 N–H and O–H groups in total. The summed E-state index contributed by atoms with van der Waals surface area (Å²) in [5.41, 5.74) is 0. The van der Waals surface area contributed by atoms with Crippen molar-refractivity contribution in [2.24, 2.45) is 11.8 Å². The van der Waals surface area contributed by atoms with E-state index in [1.807, 2.05) is 24.0 Å². The number of hydrogen-bond donors (Lipinski definition) is 1. The van der Waals surface area contributed by atoms with Gasteiger partial charge in [0, 0.05) is 37.9 Å². The fourth-order valence-corrected chi connectivity index (χ4v) is 4.34. The van der Waals surface area contributed by atoms with Gasteiger partial charge in [0.25, 0.3) is 0 Å². The van der Waals surface area contributed by atoms with Crippen molar-refractivity contribution in [2.75, 3.05) is 13.1 Å². The van der Waals surface area contributed by atoms with Crippen LogP contribution in [0.25, 0.3) is 0 Å². The molecule has 0 aromatic carbocycles. The number of nitrogens with one attached hydrogen (secondary N) is 1. The summed E-state index contributed by atoms with van der Waals surface area (Å²) in [6.45, 7) is 3.64. The van der Waals surface area contributed by atoms with Crippen LogP contribution in [-0.4, -0.2) is 35.8 Å². The number of piperidine rings is 1. The lowest BCUT2D eigenvalue weighted by atomic mass is 9.86. The standard InChI is InChI=1S/C21H32N2O3/c1-16(14-19-8-5-13-26-19)22-20(24)15-17-9-11-23(12-10-17)21(25)18-6-3-2-4-7-18/h5,8,13,16-18H,2-4,6-7,9-12,14-15H2,1H3,(H,22,24). The lowest BCUT2D eigenvalue weighted by Gasteiger charge is -2.35. The van der Waals surface area contributed by atoms with Crippen LogP contribution in [0.3, 0.4) is 0 Å². The third-order valence-corrected chi connectivity index (χ3v) is 5.85. The third-order valence-electron chi connectivity index (χ3n) is 5.85. The molecule has 1 saturated carbocycles. The fraction of sp³-hybridized carbons (Fsp3) is 0.714. The first-order valence-electron chi connectivity index (χ1n) is 10.2. The van der Waals surface area contributed by atoms with E-state index in [9.17, 15) is 9.59 Å². The van der Waals surface area contributed by atoms with Gasteiger partial charge in [-0.2, -0.15) is 0 Å². The molecule has 0 bridgehead atoms. The highest BCUT2D eigenvalue weighted by Crippen LogP contribution is 2.28. The molecule has 5 heteroatoms. The van der Waals surface area contributed by atoms with Gasteiger partial charge in [-0.3, -0.25) is 9.59 Å². The van der Waals surface area contributed by atoms with Crippen molar-refractivity contribution in [3.8, 4) is 0 Å². The number of nitrogens with zero attached hydrogens (tertiary/aromatic N) is 1. The maximum atomic E-state index is 12.6. The summed E-state index contributed by atoms with van der Waals surface area (Å²) >= 11 is 0. The van der Waals surface area contributed by atoms with Crippen molar-refractivity contribution >= 4 is 11.8 Å². The number of furan rings is 1. The minimum Gasteiger partial charge on any atom is -0.469 e. The molecule has 1 aromatic rings. The second-order valence-corrected chi connectivity index (χ2v) is 8.06. The van der Waals surface area contributed by atoms with E-state index in [0.29, 0.717) is 24.7 Å². The second-order valence-electron chi connectivity index (χ2n) is 8.06. The van der Waals surface area contributed by atoms with Crippen molar-refractivity contribution < 1.29 is 14.0 Å². The van der Waals surface area contributed by atoms with Gasteiger partial charge >= 0.3 is 0 Å². The highest BCUT2D eigenvalue weighted by molar-refractivity contribution is 5.79. The Kier molecular flexibility index (Phi) is 6.75. The van der Waals surface area contributed by atoms with E-state index in [2.05, 4.69) is 5.32 Å². The molecule has 2 fully saturated rings. The third kappa shape index (κ3) is 5.36. The van der Waals surface area contributed by atoms with Crippen molar-refractivity contribution in [2.45, 2.75) is 70.8 Å². The van der Waals surface area contributed by atoms with Crippen LogP contribution in [0.2, 0.25) is 0 Å². The Hall–Kier alpha value is -1.78. The molecule has 1 saturated heterocycles. The largest absolute Gasteiger partial charge is 0.469 e. The molecule has 0 radical (unpaired) electrons. The molecule has 26 heavy (non-hydrogen) atoms. The van der Waals surface area contributed by atoms with Gasteiger partial charge in [-0.15, -0.1) is 0 Å². The van der Waals surface area contributed by atoms with Crippen LogP contribution in [0.4, 0.5) is 0 Å². The zero-order chi connectivity index (χ0) is 18.4. The second kappa shape index (κ2) is 9.24. The number of amides is 2. The highest BCUT2D eigenvalue weighted by atomic mass is 16.3. The Bertz CT molecular complexity index is 570.